The normalized spacial score (nSPS) is 12.7. The van der Waals surface area contributed by atoms with Crippen LogP contribution in [0.4, 0.5) is 0 Å². The Labute approximate surface area is 88.2 Å². The van der Waals surface area contributed by atoms with E-state index in [1.165, 1.54) is 0 Å². The third-order valence-electron chi connectivity index (χ3n) is 1.97. The van der Waals surface area contributed by atoms with E-state index >= 15 is 0 Å². The minimum Gasteiger partial charge on any atom is -0.314 e. The average Bonchev–Trinajstić information content (AvgIpc) is 2.00. The van der Waals surface area contributed by atoms with E-state index in [2.05, 4.69) is 5.32 Å². The van der Waals surface area contributed by atoms with Crippen molar-refractivity contribution in [1.29, 1.82) is 0 Å². The molecule has 4 heteroatoms. The third kappa shape index (κ3) is 8.51. The summed E-state index contributed by atoms with van der Waals surface area (Å²) >= 11 is 0. The summed E-state index contributed by atoms with van der Waals surface area (Å²) in [5.74, 6) is 1.05. The second-order valence-corrected chi connectivity index (χ2v) is 6.75. The van der Waals surface area contributed by atoms with Gasteiger partial charge in [-0.25, -0.2) is 8.42 Å². The van der Waals surface area contributed by atoms with Crippen molar-refractivity contribution in [2.45, 2.75) is 40.2 Å². The van der Waals surface area contributed by atoms with Crippen LogP contribution in [0.15, 0.2) is 0 Å². The van der Waals surface area contributed by atoms with E-state index in [0.717, 1.165) is 6.42 Å². The first kappa shape index (κ1) is 13.9. The van der Waals surface area contributed by atoms with Crippen LogP contribution in [0, 0.1) is 5.92 Å². The molecule has 0 atom stereocenters. The van der Waals surface area contributed by atoms with E-state index in [1.807, 2.05) is 27.7 Å². The molecule has 0 rings (SSSR count). The molecule has 1 N–H and O–H groups in total. The molecule has 0 unspecified atom stereocenters. The van der Waals surface area contributed by atoms with Crippen LogP contribution in [0.25, 0.3) is 0 Å². The molecule has 0 bridgehead atoms. The van der Waals surface area contributed by atoms with Crippen LogP contribution in [0.3, 0.4) is 0 Å². The second kappa shape index (κ2) is 6.40. The Hall–Kier alpha value is -0.0900. The van der Waals surface area contributed by atoms with Gasteiger partial charge in [-0.1, -0.05) is 27.7 Å². The van der Waals surface area contributed by atoms with Crippen LogP contribution >= 0.6 is 0 Å². The highest BCUT2D eigenvalue weighted by molar-refractivity contribution is 7.91. The van der Waals surface area contributed by atoms with Gasteiger partial charge in [-0.2, -0.15) is 0 Å². The maximum atomic E-state index is 11.5. The first-order valence-corrected chi connectivity index (χ1v) is 7.09. The maximum absolute atomic E-state index is 11.5. The topological polar surface area (TPSA) is 46.2 Å². The molecule has 0 aromatic heterocycles. The summed E-state index contributed by atoms with van der Waals surface area (Å²) in [5, 5.41) is 3.11. The van der Waals surface area contributed by atoms with Gasteiger partial charge in [-0.15, -0.1) is 0 Å². The average molecular weight is 221 g/mol. The van der Waals surface area contributed by atoms with Crippen molar-refractivity contribution in [1.82, 2.24) is 5.32 Å². The highest BCUT2D eigenvalue weighted by Gasteiger charge is 2.11. The molecule has 0 aliphatic carbocycles. The predicted octanol–water partition coefficient (Wildman–Crippen LogP) is 1.45. The highest BCUT2D eigenvalue weighted by Crippen LogP contribution is 2.03. The Morgan fingerprint density at radius 2 is 1.64 bits per heavy atom. The Kier molecular flexibility index (Phi) is 6.36. The summed E-state index contributed by atoms with van der Waals surface area (Å²) in [6, 6.07) is 0.357. The van der Waals surface area contributed by atoms with Gasteiger partial charge in [0.2, 0.25) is 0 Å². The van der Waals surface area contributed by atoms with Gasteiger partial charge in [-0.05, 0) is 12.3 Å². The molecule has 0 aromatic carbocycles. The van der Waals surface area contributed by atoms with E-state index < -0.39 is 9.84 Å². The zero-order valence-electron chi connectivity index (χ0n) is 9.71. The van der Waals surface area contributed by atoms with Crippen molar-refractivity contribution < 1.29 is 8.42 Å². The largest absolute Gasteiger partial charge is 0.314 e. The van der Waals surface area contributed by atoms with Crippen molar-refractivity contribution in [2.24, 2.45) is 5.92 Å². The molecule has 0 spiro atoms. The predicted molar refractivity (Wildman–Crippen MR) is 61.2 cm³/mol. The minimum absolute atomic E-state index is 0.262. The lowest BCUT2D eigenvalue weighted by molar-refractivity contribution is 0.563. The molecular weight excluding hydrogens is 198 g/mol. The van der Waals surface area contributed by atoms with Gasteiger partial charge in [0.25, 0.3) is 0 Å². The number of hydrogen-bond donors (Lipinski definition) is 1. The van der Waals surface area contributed by atoms with E-state index in [9.17, 15) is 8.42 Å². The van der Waals surface area contributed by atoms with Gasteiger partial charge in [0.15, 0.2) is 9.84 Å². The van der Waals surface area contributed by atoms with Crippen molar-refractivity contribution in [3.05, 3.63) is 0 Å². The molecule has 0 aliphatic rings. The van der Waals surface area contributed by atoms with Gasteiger partial charge >= 0.3 is 0 Å². The molecule has 0 amide bonds. The lowest BCUT2D eigenvalue weighted by Crippen LogP contribution is -2.29. The van der Waals surface area contributed by atoms with Crippen molar-refractivity contribution in [3.63, 3.8) is 0 Å². The highest BCUT2D eigenvalue weighted by atomic mass is 32.2. The van der Waals surface area contributed by atoms with Crippen LogP contribution in [0.5, 0.6) is 0 Å². The van der Waals surface area contributed by atoms with Gasteiger partial charge < -0.3 is 5.32 Å². The molecule has 0 saturated heterocycles. The Balaban J connectivity index is 3.73. The first-order chi connectivity index (χ1) is 6.33. The maximum Gasteiger partial charge on any atom is 0.151 e. The number of nitrogens with one attached hydrogen (secondary N) is 1. The fraction of sp³-hybridized carbons (Fsp3) is 1.00. The van der Waals surface area contributed by atoms with E-state index in [1.54, 1.807) is 0 Å². The zero-order valence-corrected chi connectivity index (χ0v) is 10.5. The monoisotopic (exact) mass is 221 g/mol. The number of sulfone groups is 1. The first-order valence-electron chi connectivity index (χ1n) is 5.27. The lowest BCUT2D eigenvalue weighted by Gasteiger charge is -2.09. The molecule has 0 aliphatic heterocycles. The van der Waals surface area contributed by atoms with E-state index in [0.29, 0.717) is 24.3 Å². The van der Waals surface area contributed by atoms with E-state index in [-0.39, 0.29) is 5.75 Å². The molecule has 14 heavy (non-hydrogen) atoms. The number of hydrogen-bond acceptors (Lipinski definition) is 3. The van der Waals surface area contributed by atoms with Crippen LogP contribution in [-0.4, -0.2) is 32.5 Å². The molecule has 0 aromatic rings. The van der Waals surface area contributed by atoms with Crippen LogP contribution in [-0.2, 0) is 9.84 Å². The Morgan fingerprint density at radius 3 is 2.07 bits per heavy atom. The number of rotatable bonds is 7. The summed E-state index contributed by atoms with van der Waals surface area (Å²) in [5.41, 5.74) is 0. The third-order valence-corrected chi connectivity index (χ3v) is 3.66. The smallest absolute Gasteiger partial charge is 0.151 e. The summed E-state index contributed by atoms with van der Waals surface area (Å²) in [4.78, 5) is 0. The lowest BCUT2D eigenvalue weighted by atomic mass is 10.2. The fourth-order valence-corrected chi connectivity index (χ4v) is 2.48. The summed E-state index contributed by atoms with van der Waals surface area (Å²) < 4.78 is 23.0. The summed E-state index contributed by atoms with van der Waals surface area (Å²) in [7, 11) is -2.83. The van der Waals surface area contributed by atoms with Crippen molar-refractivity contribution >= 4 is 9.84 Å². The molecule has 0 saturated carbocycles. The summed E-state index contributed by atoms with van der Waals surface area (Å²) in [6.07, 6.45) is 0.768. The molecule has 0 fully saturated rings. The summed E-state index contributed by atoms with van der Waals surface area (Å²) in [6.45, 7) is 8.68. The van der Waals surface area contributed by atoms with Crippen molar-refractivity contribution in [3.8, 4) is 0 Å². The molecule has 86 valence electrons. The fourth-order valence-electron chi connectivity index (χ4n) is 1.02. The molecular formula is C10H23NO2S. The molecule has 3 nitrogen and oxygen atoms in total. The van der Waals surface area contributed by atoms with Crippen molar-refractivity contribution in [2.75, 3.05) is 18.1 Å². The SMILES string of the molecule is CC(C)CCS(=O)(=O)CCNC(C)C. The van der Waals surface area contributed by atoms with Gasteiger partial charge in [0, 0.05) is 12.6 Å². The molecule has 0 radical (unpaired) electrons. The standard InChI is InChI=1S/C10H23NO2S/c1-9(2)5-7-14(12,13)8-6-11-10(3)4/h9-11H,5-8H2,1-4H3. The zero-order chi connectivity index (χ0) is 11.2. The minimum atomic E-state index is -2.83. The molecule has 0 heterocycles. The van der Waals surface area contributed by atoms with Crippen LogP contribution in [0.2, 0.25) is 0 Å². The van der Waals surface area contributed by atoms with Gasteiger partial charge in [0.1, 0.15) is 0 Å². The Bertz CT molecular complexity index is 233. The van der Waals surface area contributed by atoms with Gasteiger partial charge in [0.05, 0.1) is 11.5 Å². The Morgan fingerprint density at radius 1 is 1.07 bits per heavy atom. The van der Waals surface area contributed by atoms with E-state index in [4.69, 9.17) is 0 Å². The second-order valence-electron chi connectivity index (χ2n) is 4.44. The quantitative estimate of drug-likeness (QED) is 0.707. The van der Waals surface area contributed by atoms with Crippen LogP contribution in [0.1, 0.15) is 34.1 Å². The van der Waals surface area contributed by atoms with Gasteiger partial charge in [-0.3, -0.25) is 0 Å². The van der Waals surface area contributed by atoms with Crippen LogP contribution < -0.4 is 5.32 Å².